The van der Waals surface area contributed by atoms with Crippen molar-refractivity contribution >= 4 is 50.6 Å². The highest BCUT2D eigenvalue weighted by Crippen LogP contribution is 2.29. The van der Waals surface area contributed by atoms with Gasteiger partial charge in [0.15, 0.2) is 11.0 Å². The second-order valence-corrected chi connectivity index (χ2v) is 8.51. The van der Waals surface area contributed by atoms with Crippen LogP contribution in [0.3, 0.4) is 0 Å². The van der Waals surface area contributed by atoms with Crippen molar-refractivity contribution in [1.82, 2.24) is 24.9 Å². The van der Waals surface area contributed by atoms with E-state index in [1.165, 1.54) is 11.8 Å². The fourth-order valence-corrected chi connectivity index (χ4v) is 4.49. The molecule has 0 spiro atoms. The minimum Gasteiger partial charge on any atom is -0.338 e. The maximum atomic E-state index is 5.94. The number of hydrogen-bond donors (Lipinski definition) is 0. The monoisotopic (exact) mass is 467 g/mol. The van der Waals surface area contributed by atoms with Crippen LogP contribution in [0.2, 0.25) is 5.02 Å². The Labute approximate surface area is 170 Å². The fraction of sp³-hybridized carbons (Fsp3) is 0.125. The zero-order valence-electron chi connectivity index (χ0n) is 13.4. The molecule has 10 heteroatoms. The Morgan fingerprint density at radius 3 is 2.81 bits per heavy atom. The van der Waals surface area contributed by atoms with E-state index in [-0.39, 0.29) is 0 Å². The summed E-state index contributed by atoms with van der Waals surface area (Å²) in [5.41, 5.74) is 0.958. The van der Waals surface area contributed by atoms with Crippen molar-refractivity contribution in [3.05, 3.63) is 51.1 Å². The molecule has 0 aliphatic carbocycles. The molecule has 0 fully saturated rings. The SMILES string of the molecule is Cn1c(SCc2nc(-c3cc(Br)cs3)no2)nnc1-c1ccc(Cl)cc1. The normalized spacial score (nSPS) is 11.2. The van der Waals surface area contributed by atoms with Gasteiger partial charge >= 0.3 is 0 Å². The highest BCUT2D eigenvalue weighted by molar-refractivity contribution is 9.10. The number of hydrogen-bond acceptors (Lipinski definition) is 7. The molecule has 0 saturated heterocycles. The number of rotatable bonds is 5. The van der Waals surface area contributed by atoms with Gasteiger partial charge in [0, 0.05) is 27.5 Å². The van der Waals surface area contributed by atoms with Gasteiger partial charge in [-0.25, -0.2) is 0 Å². The lowest BCUT2D eigenvalue weighted by Gasteiger charge is -2.03. The van der Waals surface area contributed by atoms with Crippen molar-refractivity contribution in [2.45, 2.75) is 10.9 Å². The molecule has 0 bridgehead atoms. The molecule has 0 saturated carbocycles. The van der Waals surface area contributed by atoms with E-state index in [4.69, 9.17) is 16.1 Å². The molecule has 6 nitrogen and oxygen atoms in total. The molecule has 4 aromatic rings. The van der Waals surface area contributed by atoms with Crippen LogP contribution in [-0.4, -0.2) is 24.9 Å². The fourth-order valence-electron chi connectivity index (χ4n) is 2.26. The summed E-state index contributed by atoms with van der Waals surface area (Å²) >= 11 is 12.4. The van der Waals surface area contributed by atoms with E-state index in [0.717, 1.165) is 25.9 Å². The van der Waals surface area contributed by atoms with Gasteiger partial charge in [-0.1, -0.05) is 28.5 Å². The van der Waals surface area contributed by atoms with E-state index in [1.54, 1.807) is 11.3 Å². The van der Waals surface area contributed by atoms with Crippen LogP contribution in [0.25, 0.3) is 22.1 Å². The van der Waals surface area contributed by atoms with Crippen LogP contribution < -0.4 is 0 Å². The van der Waals surface area contributed by atoms with Gasteiger partial charge in [-0.15, -0.1) is 21.5 Å². The predicted octanol–water partition coefficient (Wildman–Crippen LogP) is 5.30. The molecule has 132 valence electrons. The van der Waals surface area contributed by atoms with Crippen LogP contribution in [0.15, 0.2) is 49.9 Å². The molecule has 0 radical (unpaired) electrons. The molecule has 0 N–H and O–H groups in total. The average molecular weight is 469 g/mol. The minimum absolute atomic E-state index is 0.520. The van der Waals surface area contributed by atoms with Gasteiger partial charge in [0.25, 0.3) is 0 Å². The largest absolute Gasteiger partial charge is 0.338 e. The third-order valence-corrected chi connectivity index (χ3v) is 6.46. The minimum atomic E-state index is 0.520. The Morgan fingerprint density at radius 1 is 1.27 bits per heavy atom. The van der Waals surface area contributed by atoms with Crippen LogP contribution >= 0.6 is 50.6 Å². The highest BCUT2D eigenvalue weighted by atomic mass is 79.9. The van der Waals surface area contributed by atoms with Gasteiger partial charge in [-0.2, -0.15) is 4.98 Å². The smallest absolute Gasteiger partial charge is 0.237 e. The summed E-state index contributed by atoms with van der Waals surface area (Å²) in [4.78, 5) is 5.39. The summed E-state index contributed by atoms with van der Waals surface area (Å²) in [5.74, 6) is 2.44. The van der Waals surface area contributed by atoms with Crippen LogP contribution in [0.5, 0.6) is 0 Å². The van der Waals surface area contributed by atoms with Crippen LogP contribution in [0.4, 0.5) is 0 Å². The van der Waals surface area contributed by atoms with E-state index in [1.807, 2.05) is 47.3 Å². The van der Waals surface area contributed by atoms with E-state index >= 15 is 0 Å². The average Bonchev–Trinajstić information content (AvgIpc) is 3.34. The first-order chi connectivity index (χ1) is 12.6. The van der Waals surface area contributed by atoms with Gasteiger partial charge in [-0.3, -0.25) is 0 Å². The molecule has 26 heavy (non-hydrogen) atoms. The van der Waals surface area contributed by atoms with Gasteiger partial charge in [0.2, 0.25) is 11.7 Å². The first-order valence-electron chi connectivity index (χ1n) is 7.45. The third-order valence-electron chi connectivity index (χ3n) is 3.52. The van der Waals surface area contributed by atoms with Crippen LogP contribution in [0, 0.1) is 0 Å². The first kappa shape index (κ1) is 17.7. The van der Waals surface area contributed by atoms with Crippen LogP contribution in [-0.2, 0) is 12.8 Å². The maximum Gasteiger partial charge on any atom is 0.237 e. The lowest BCUT2D eigenvalue weighted by Crippen LogP contribution is -1.95. The van der Waals surface area contributed by atoms with Crippen molar-refractivity contribution in [1.29, 1.82) is 0 Å². The maximum absolute atomic E-state index is 5.94. The predicted molar refractivity (Wildman–Crippen MR) is 106 cm³/mol. The standard InChI is InChI=1S/C16H11BrClN5OS2/c1-23-15(9-2-4-11(18)5-3-9)20-21-16(23)26-8-13-19-14(22-24-13)12-6-10(17)7-25-12/h2-7H,8H2,1H3. The number of benzene rings is 1. The summed E-state index contributed by atoms with van der Waals surface area (Å²) < 4.78 is 8.27. The van der Waals surface area contributed by atoms with Crippen LogP contribution in [0.1, 0.15) is 5.89 Å². The number of nitrogens with zero attached hydrogens (tertiary/aromatic N) is 5. The molecule has 3 heterocycles. The molecule has 0 aliphatic heterocycles. The lowest BCUT2D eigenvalue weighted by molar-refractivity contribution is 0.391. The lowest BCUT2D eigenvalue weighted by atomic mass is 10.2. The molecule has 4 rings (SSSR count). The van der Waals surface area contributed by atoms with E-state index in [2.05, 4.69) is 36.3 Å². The molecule has 0 aliphatic rings. The summed E-state index contributed by atoms with van der Waals surface area (Å²) in [6.07, 6.45) is 0. The summed E-state index contributed by atoms with van der Waals surface area (Å²) in [7, 11) is 1.93. The second kappa shape index (κ2) is 7.51. The number of halogens is 2. The molecular weight excluding hydrogens is 458 g/mol. The third kappa shape index (κ3) is 3.71. The Hall–Kier alpha value is -1.68. The molecular formula is C16H11BrClN5OS2. The van der Waals surface area contributed by atoms with E-state index < -0.39 is 0 Å². The molecule has 3 aromatic heterocycles. The van der Waals surface area contributed by atoms with Gasteiger partial charge in [0.1, 0.15) is 0 Å². The van der Waals surface area contributed by atoms with Crippen molar-refractivity contribution in [2.75, 3.05) is 0 Å². The molecule has 1 aromatic carbocycles. The molecule has 0 unspecified atom stereocenters. The zero-order chi connectivity index (χ0) is 18.1. The summed E-state index contributed by atoms with van der Waals surface area (Å²) in [5, 5.41) is 16.0. The molecule has 0 atom stereocenters. The van der Waals surface area contributed by atoms with Crippen molar-refractivity contribution in [3.8, 4) is 22.1 Å². The molecule has 0 amide bonds. The zero-order valence-corrected chi connectivity index (χ0v) is 17.4. The second-order valence-electron chi connectivity index (χ2n) is 5.30. The topological polar surface area (TPSA) is 69.6 Å². The number of aromatic nitrogens is 5. The Kier molecular flexibility index (Phi) is 5.12. The van der Waals surface area contributed by atoms with Crippen molar-refractivity contribution in [3.63, 3.8) is 0 Å². The Bertz CT molecular complexity index is 1040. The highest BCUT2D eigenvalue weighted by Gasteiger charge is 2.15. The van der Waals surface area contributed by atoms with Gasteiger partial charge in [0.05, 0.1) is 10.6 Å². The Balaban J connectivity index is 1.47. The van der Waals surface area contributed by atoms with Gasteiger partial charge in [-0.05, 0) is 46.3 Å². The van der Waals surface area contributed by atoms with Crippen molar-refractivity contribution < 1.29 is 4.52 Å². The van der Waals surface area contributed by atoms with E-state index in [9.17, 15) is 0 Å². The number of thioether (sulfide) groups is 1. The van der Waals surface area contributed by atoms with E-state index in [0.29, 0.717) is 22.5 Å². The summed E-state index contributed by atoms with van der Waals surface area (Å²) in [6.45, 7) is 0. The first-order valence-corrected chi connectivity index (χ1v) is 10.5. The van der Waals surface area contributed by atoms with Gasteiger partial charge < -0.3 is 9.09 Å². The quantitative estimate of drug-likeness (QED) is 0.370. The number of thiophene rings is 1. The van der Waals surface area contributed by atoms with Crippen molar-refractivity contribution in [2.24, 2.45) is 7.05 Å². The summed E-state index contributed by atoms with van der Waals surface area (Å²) in [6, 6.07) is 9.48. The Morgan fingerprint density at radius 2 is 2.08 bits per heavy atom.